The normalized spacial score (nSPS) is 11.6. The van der Waals surface area contributed by atoms with Crippen LogP contribution in [0.15, 0.2) is 58.8 Å². The third kappa shape index (κ3) is 4.47. The molecule has 1 N–H and O–H groups in total. The summed E-state index contributed by atoms with van der Waals surface area (Å²) in [4.78, 5) is 4.27. The van der Waals surface area contributed by atoms with Gasteiger partial charge in [-0.2, -0.15) is 0 Å². The number of sulfonamides is 1. The molecule has 3 rings (SSSR count). The molecule has 0 bridgehead atoms. The average Bonchev–Trinajstić information content (AvgIpc) is 3.04. The van der Waals surface area contributed by atoms with Gasteiger partial charge < -0.3 is 0 Å². The van der Waals surface area contributed by atoms with E-state index in [2.05, 4.69) is 9.71 Å². The maximum absolute atomic E-state index is 13.3. The summed E-state index contributed by atoms with van der Waals surface area (Å²) in [6.45, 7) is 0.130. The fraction of sp³-hybridized carbons (Fsp3) is 0.118. The molecule has 0 aliphatic rings. The molecule has 3 aromatic rings. The van der Waals surface area contributed by atoms with Gasteiger partial charge in [0.2, 0.25) is 10.0 Å². The SMILES string of the molecule is O=S(=O)(NCCc1csc(-c2cccc(F)c2)n1)c1cccc(F)c1. The number of nitrogens with one attached hydrogen (secondary N) is 1. The molecule has 0 aliphatic heterocycles. The summed E-state index contributed by atoms with van der Waals surface area (Å²) in [7, 11) is -3.77. The van der Waals surface area contributed by atoms with Gasteiger partial charge in [-0.05, 0) is 30.3 Å². The van der Waals surface area contributed by atoms with E-state index >= 15 is 0 Å². The Balaban J connectivity index is 1.63. The van der Waals surface area contributed by atoms with Gasteiger partial charge in [-0.15, -0.1) is 11.3 Å². The lowest BCUT2D eigenvalue weighted by Gasteiger charge is -2.05. The van der Waals surface area contributed by atoms with E-state index in [0.717, 1.165) is 6.07 Å². The third-order valence-corrected chi connectivity index (χ3v) is 5.80. The van der Waals surface area contributed by atoms with E-state index in [1.54, 1.807) is 17.5 Å². The summed E-state index contributed by atoms with van der Waals surface area (Å²) >= 11 is 1.36. The maximum atomic E-state index is 13.3. The van der Waals surface area contributed by atoms with E-state index in [9.17, 15) is 17.2 Å². The van der Waals surface area contributed by atoms with E-state index in [0.29, 0.717) is 22.7 Å². The van der Waals surface area contributed by atoms with Crippen molar-refractivity contribution in [2.75, 3.05) is 6.54 Å². The second-order valence-electron chi connectivity index (χ2n) is 5.26. The van der Waals surface area contributed by atoms with Gasteiger partial charge in [-0.25, -0.2) is 26.9 Å². The van der Waals surface area contributed by atoms with Gasteiger partial charge in [0.15, 0.2) is 0 Å². The molecule has 2 aromatic carbocycles. The molecule has 130 valence electrons. The van der Waals surface area contributed by atoms with Crippen LogP contribution in [0.25, 0.3) is 10.6 Å². The van der Waals surface area contributed by atoms with Crippen LogP contribution in [0, 0.1) is 11.6 Å². The third-order valence-electron chi connectivity index (χ3n) is 3.40. The van der Waals surface area contributed by atoms with Crippen molar-refractivity contribution in [1.82, 2.24) is 9.71 Å². The van der Waals surface area contributed by atoms with Crippen LogP contribution >= 0.6 is 11.3 Å². The minimum absolute atomic E-state index is 0.119. The number of rotatable bonds is 6. The zero-order valence-corrected chi connectivity index (χ0v) is 14.6. The van der Waals surface area contributed by atoms with E-state index in [4.69, 9.17) is 0 Å². The van der Waals surface area contributed by atoms with Crippen LogP contribution < -0.4 is 4.72 Å². The highest BCUT2D eigenvalue weighted by Crippen LogP contribution is 2.24. The van der Waals surface area contributed by atoms with Crippen LogP contribution in [-0.4, -0.2) is 19.9 Å². The molecule has 1 heterocycles. The maximum Gasteiger partial charge on any atom is 0.240 e. The van der Waals surface area contributed by atoms with Crippen molar-refractivity contribution in [3.05, 3.63) is 71.2 Å². The van der Waals surface area contributed by atoms with Crippen LogP contribution in [0.1, 0.15) is 5.69 Å². The van der Waals surface area contributed by atoms with Crippen molar-refractivity contribution in [1.29, 1.82) is 0 Å². The number of hydrogen-bond acceptors (Lipinski definition) is 4. The van der Waals surface area contributed by atoms with Crippen LogP contribution in [0.3, 0.4) is 0 Å². The Morgan fingerprint density at radius 3 is 2.48 bits per heavy atom. The Morgan fingerprint density at radius 1 is 1.04 bits per heavy atom. The highest BCUT2D eigenvalue weighted by Gasteiger charge is 2.14. The highest BCUT2D eigenvalue weighted by atomic mass is 32.2. The van der Waals surface area contributed by atoms with E-state index < -0.39 is 15.8 Å². The van der Waals surface area contributed by atoms with Gasteiger partial charge in [0.05, 0.1) is 10.6 Å². The predicted molar refractivity (Wildman–Crippen MR) is 92.8 cm³/mol. The lowest BCUT2D eigenvalue weighted by Crippen LogP contribution is -2.26. The Bertz CT molecular complexity index is 988. The average molecular weight is 380 g/mol. The second kappa shape index (κ2) is 7.38. The minimum atomic E-state index is -3.77. The van der Waals surface area contributed by atoms with E-state index in [-0.39, 0.29) is 17.3 Å². The summed E-state index contributed by atoms with van der Waals surface area (Å²) < 4.78 is 53.0. The quantitative estimate of drug-likeness (QED) is 0.711. The molecule has 0 atom stereocenters. The largest absolute Gasteiger partial charge is 0.241 e. The Morgan fingerprint density at radius 2 is 1.76 bits per heavy atom. The number of halogens is 2. The van der Waals surface area contributed by atoms with Crippen molar-refractivity contribution in [2.24, 2.45) is 0 Å². The first-order valence-corrected chi connectivity index (χ1v) is 9.76. The molecule has 1 aromatic heterocycles. The number of aromatic nitrogens is 1. The molecule has 0 fully saturated rings. The van der Waals surface area contributed by atoms with Crippen molar-refractivity contribution < 1.29 is 17.2 Å². The lowest BCUT2D eigenvalue weighted by atomic mass is 10.2. The Hall–Kier alpha value is -2.16. The molecular weight excluding hydrogens is 366 g/mol. The van der Waals surface area contributed by atoms with Crippen LogP contribution in [0.2, 0.25) is 0 Å². The molecule has 0 unspecified atom stereocenters. The molecule has 4 nitrogen and oxygen atoms in total. The molecule has 0 aliphatic carbocycles. The summed E-state index contributed by atoms with van der Waals surface area (Å²) in [6, 6.07) is 11.0. The standard InChI is InChI=1S/C17H14F2N2O2S2/c18-13-4-1-3-12(9-13)17-21-15(11-24-17)7-8-20-25(22,23)16-6-2-5-14(19)10-16/h1-6,9-11,20H,7-8H2. The number of benzene rings is 2. The monoisotopic (exact) mass is 380 g/mol. The first-order chi connectivity index (χ1) is 11.9. The van der Waals surface area contributed by atoms with Crippen molar-refractivity contribution in [3.8, 4) is 10.6 Å². The molecule has 8 heteroatoms. The fourth-order valence-corrected chi connectivity index (χ4v) is 4.12. The molecule has 0 amide bonds. The predicted octanol–water partition coefficient (Wildman–Crippen LogP) is 3.61. The summed E-state index contributed by atoms with van der Waals surface area (Å²) in [6.07, 6.45) is 0.375. The van der Waals surface area contributed by atoms with E-state index in [1.165, 1.54) is 41.7 Å². The van der Waals surface area contributed by atoms with Crippen molar-refractivity contribution in [2.45, 2.75) is 11.3 Å². The number of nitrogens with zero attached hydrogens (tertiary/aromatic N) is 1. The smallest absolute Gasteiger partial charge is 0.240 e. The van der Waals surface area contributed by atoms with Gasteiger partial charge >= 0.3 is 0 Å². The molecule has 25 heavy (non-hydrogen) atoms. The summed E-state index contributed by atoms with van der Waals surface area (Å²) in [5, 5.41) is 2.47. The van der Waals surface area contributed by atoms with Crippen molar-refractivity contribution >= 4 is 21.4 Å². The van der Waals surface area contributed by atoms with Gasteiger partial charge in [0.1, 0.15) is 16.6 Å². The van der Waals surface area contributed by atoms with Crippen LogP contribution in [0.5, 0.6) is 0 Å². The highest BCUT2D eigenvalue weighted by molar-refractivity contribution is 7.89. The first kappa shape index (κ1) is 17.7. The van der Waals surface area contributed by atoms with Gasteiger partial charge in [0.25, 0.3) is 0 Å². The zero-order valence-electron chi connectivity index (χ0n) is 12.9. The topological polar surface area (TPSA) is 59.1 Å². The van der Waals surface area contributed by atoms with E-state index in [1.807, 2.05) is 0 Å². The van der Waals surface area contributed by atoms with Gasteiger partial charge in [-0.3, -0.25) is 0 Å². The van der Waals surface area contributed by atoms with Gasteiger partial charge in [0, 0.05) is 23.9 Å². The Labute approximate surface area is 148 Å². The fourth-order valence-electron chi connectivity index (χ4n) is 2.21. The summed E-state index contributed by atoms with van der Waals surface area (Å²) in [5.74, 6) is -0.945. The van der Waals surface area contributed by atoms with Crippen LogP contribution in [-0.2, 0) is 16.4 Å². The Kier molecular flexibility index (Phi) is 5.22. The van der Waals surface area contributed by atoms with Gasteiger partial charge in [-0.1, -0.05) is 18.2 Å². The minimum Gasteiger partial charge on any atom is -0.241 e. The second-order valence-corrected chi connectivity index (χ2v) is 7.88. The zero-order chi connectivity index (χ0) is 17.9. The van der Waals surface area contributed by atoms with Crippen LogP contribution in [0.4, 0.5) is 8.78 Å². The molecular formula is C17H14F2N2O2S2. The summed E-state index contributed by atoms with van der Waals surface area (Å²) in [5.41, 5.74) is 1.38. The molecule has 0 saturated carbocycles. The molecule has 0 saturated heterocycles. The molecule has 0 radical (unpaired) electrons. The molecule has 0 spiro atoms. The number of hydrogen-bond donors (Lipinski definition) is 1. The van der Waals surface area contributed by atoms with Crippen molar-refractivity contribution in [3.63, 3.8) is 0 Å². The lowest BCUT2D eigenvalue weighted by molar-refractivity contribution is 0.577. The first-order valence-electron chi connectivity index (χ1n) is 7.40. The number of thiazole rings is 1.